The summed E-state index contributed by atoms with van der Waals surface area (Å²) in [5, 5.41) is 17.0. The summed E-state index contributed by atoms with van der Waals surface area (Å²) in [7, 11) is 1.83. The van der Waals surface area contributed by atoms with Crippen LogP contribution in [0.15, 0.2) is 6.07 Å². The van der Waals surface area contributed by atoms with E-state index < -0.39 is 12.0 Å². The van der Waals surface area contributed by atoms with Crippen molar-refractivity contribution in [1.82, 2.24) is 15.1 Å². The highest BCUT2D eigenvalue weighted by atomic mass is 32.1. The van der Waals surface area contributed by atoms with E-state index in [1.54, 1.807) is 10.7 Å². The monoisotopic (exact) mass is 309 g/mol. The van der Waals surface area contributed by atoms with Crippen molar-refractivity contribution in [3.63, 3.8) is 0 Å². The summed E-state index contributed by atoms with van der Waals surface area (Å²) in [6.07, 6.45) is 0.409. The molecule has 6 nitrogen and oxygen atoms in total. The molecule has 0 saturated heterocycles. The molecule has 2 rings (SSSR count). The molecule has 0 unspecified atom stereocenters. The number of aliphatic carboxylic acids is 1. The molecule has 0 radical (unpaired) electrons. The fourth-order valence-corrected chi connectivity index (χ4v) is 3.27. The van der Waals surface area contributed by atoms with Crippen molar-refractivity contribution in [2.45, 2.75) is 33.2 Å². The van der Waals surface area contributed by atoms with Crippen LogP contribution >= 0.6 is 11.3 Å². The molecule has 0 aromatic carbocycles. The van der Waals surface area contributed by atoms with E-state index in [1.807, 2.05) is 27.8 Å². The zero-order valence-corrected chi connectivity index (χ0v) is 13.3. The van der Waals surface area contributed by atoms with Gasteiger partial charge in [0.25, 0.3) is 5.91 Å². The lowest BCUT2D eigenvalue weighted by molar-refractivity contribution is -0.139. The van der Waals surface area contributed by atoms with Gasteiger partial charge < -0.3 is 10.4 Å². The van der Waals surface area contributed by atoms with Gasteiger partial charge in [-0.25, -0.2) is 4.79 Å². The van der Waals surface area contributed by atoms with Crippen LogP contribution in [-0.4, -0.2) is 32.8 Å². The molecule has 0 aliphatic carbocycles. The summed E-state index contributed by atoms with van der Waals surface area (Å²) in [4.78, 5) is 24.9. The highest BCUT2D eigenvalue weighted by molar-refractivity contribution is 7.20. The second-order valence-electron chi connectivity index (χ2n) is 5.53. The summed E-state index contributed by atoms with van der Waals surface area (Å²) in [6, 6.07) is 0.910. The molecule has 1 atom stereocenters. The maximum absolute atomic E-state index is 12.2. The number of nitrogens with zero attached hydrogens (tertiary/aromatic N) is 2. The van der Waals surface area contributed by atoms with Gasteiger partial charge in [0.1, 0.15) is 10.9 Å². The summed E-state index contributed by atoms with van der Waals surface area (Å²) >= 11 is 1.32. The van der Waals surface area contributed by atoms with Gasteiger partial charge in [0.15, 0.2) is 0 Å². The average Bonchev–Trinajstić information content (AvgIpc) is 2.91. The summed E-state index contributed by atoms with van der Waals surface area (Å²) < 4.78 is 1.73. The van der Waals surface area contributed by atoms with Gasteiger partial charge in [0.2, 0.25) is 0 Å². The maximum atomic E-state index is 12.2. The molecule has 1 amide bonds. The van der Waals surface area contributed by atoms with Crippen LogP contribution in [0, 0.1) is 12.8 Å². The van der Waals surface area contributed by atoms with Crippen LogP contribution in [0.2, 0.25) is 0 Å². The van der Waals surface area contributed by atoms with Crippen LogP contribution < -0.4 is 5.32 Å². The number of fused-ring (bicyclic) bond motifs is 1. The van der Waals surface area contributed by atoms with E-state index in [4.69, 9.17) is 0 Å². The Hall–Kier alpha value is -1.89. The number of carboxylic acid groups (broad SMARTS) is 1. The normalized spacial score (nSPS) is 12.8. The number of rotatable bonds is 5. The van der Waals surface area contributed by atoms with Crippen molar-refractivity contribution in [1.29, 1.82) is 0 Å². The van der Waals surface area contributed by atoms with Gasteiger partial charge in [-0.2, -0.15) is 5.10 Å². The molecule has 0 saturated carbocycles. The van der Waals surface area contributed by atoms with Crippen molar-refractivity contribution < 1.29 is 14.7 Å². The molecule has 21 heavy (non-hydrogen) atoms. The van der Waals surface area contributed by atoms with Crippen molar-refractivity contribution >= 4 is 33.4 Å². The topological polar surface area (TPSA) is 84.2 Å². The van der Waals surface area contributed by atoms with E-state index in [9.17, 15) is 14.7 Å². The average molecular weight is 309 g/mol. The molecule has 2 aromatic heterocycles. The minimum Gasteiger partial charge on any atom is -0.480 e. The van der Waals surface area contributed by atoms with Gasteiger partial charge in [-0.05, 0) is 25.3 Å². The van der Waals surface area contributed by atoms with Gasteiger partial charge in [-0.15, -0.1) is 11.3 Å². The zero-order chi connectivity index (χ0) is 15.7. The predicted molar refractivity (Wildman–Crippen MR) is 81.7 cm³/mol. The zero-order valence-electron chi connectivity index (χ0n) is 12.5. The third-order valence-corrected chi connectivity index (χ3v) is 4.43. The molecule has 0 aliphatic heterocycles. The number of thiophene rings is 1. The molecule has 2 aromatic rings. The molecule has 2 heterocycles. The number of carbonyl (C=O) groups excluding carboxylic acids is 1. The number of aromatic nitrogens is 2. The number of hydrogen-bond donors (Lipinski definition) is 2. The van der Waals surface area contributed by atoms with Crippen LogP contribution in [0.4, 0.5) is 0 Å². The summed E-state index contributed by atoms with van der Waals surface area (Å²) in [5.74, 6) is -1.15. The smallest absolute Gasteiger partial charge is 0.326 e. The van der Waals surface area contributed by atoms with Crippen LogP contribution in [-0.2, 0) is 11.8 Å². The second-order valence-corrected chi connectivity index (χ2v) is 6.56. The predicted octanol–water partition coefficient (Wildman–Crippen LogP) is 2.17. The first-order chi connectivity index (χ1) is 9.79. The molecule has 0 aliphatic rings. The molecule has 114 valence electrons. The molecule has 0 spiro atoms. The van der Waals surface area contributed by atoms with Crippen LogP contribution in [0.1, 0.15) is 35.6 Å². The Balaban J connectivity index is 2.21. The minimum absolute atomic E-state index is 0.195. The Labute approximate surface area is 126 Å². The van der Waals surface area contributed by atoms with Gasteiger partial charge in [-0.3, -0.25) is 9.48 Å². The van der Waals surface area contributed by atoms with Crippen molar-refractivity contribution in [2.75, 3.05) is 0 Å². The molecular weight excluding hydrogens is 290 g/mol. The van der Waals surface area contributed by atoms with E-state index in [0.717, 1.165) is 15.9 Å². The Kier molecular flexibility index (Phi) is 4.32. The molecule has 7 heteroatoms. The first-order valence-corrected chi connectivity index (χ1v) is 7.58. The highest BCUT2D eigenvalue weighted by Gasteiger charge is 2.23. The Bertz CT molecular complexity index is 652. The van der Waals surface area contributed by atoms with Crippen LogP contribution in [0.3, 0.4) is 0 Å². The number of amides is 1. The van der Waals surface area contributed by atoms with Gasteiger partial charge >= 0.3 is 5.97 Å². The number of nitrogens with one attached hydrogen (secondary N) is 1. The van der Waals surface area contributed by atoms with Crippen molar-refractivity contribution in [2.24, 2.45) is 13.0 Å². The standard InChI is InChI=1S/C14H19N3O3S/c1-7(2)5-10(14(19)20)15-12(18)11-6-9-8(3)16-17(4)13(9)21-11/h6-7,10H,5H2,1-4H3,(H,15,18)(H,19,20)/t10-/m0/s1. The lowest BCUT2D eigenvalue weighted by Gasteiger charge is -2.15. The third-order valence-electron chi connectivity index (χ3n) is 3.23. The van der Waals surface area contributed by atoms with E-state index in [1.165, 1.54) is 11.3 Å². The number of aryl methyl sites for hydroxylation is 2. The lowest BCUT2D eigenvalue weighted by Crippen LogP contribution is -2.41. The van der Waals surface area contributed by atoms with E-state index in [0.29, 0.717) is 11.3 Å². The Morgan fingerprint density at radius 1 is 1.48 bits per heavy atom. The number of carboxylic acids is 1. The minimum atomic E-state index is -1.00. The largest absolute Gasteiger partial charge is 0.480 e. The van der Waals surface area contributed by atoms with Crippen LogP contribution in [0.5, 0.6) is 0 Å². The SMILES string of the molecule is Cc1nn(C)c2sc(C(=O)N[C@@H](CC(C)C)C(=O)O)cc12. The molecule has 2 N–H and O–H groups in total. The Morgan fingerprint density at radius 2 is 2.14 bits per heavy atom. The van der Waals surface area contributed by atoms with Gasteiger partial charge in [0, 0.05) is 12.4 Å². The fourth-order valence-electron chi connectivity index (χ4n) is 2.24. The maximum Gasteiger partial charge on any atom is 0.326 e. The third kappa shape index (κ3) is 3.24. The molecule has 0 fully saturated rings. The lowest BCUT2D eigenvalue weighted by atomic mass is 10.0. The Morgan fingerprint density at radius 3 is 2.67 bits per heavy atom. The first-order valence-electron chi connectivity index (χ1n) is 6.76. The second kappa shape index (κ2) is 5.85. The summed E-state index contributed by atoms with van der Waals surface area (Å²) in [5.41, 5.74) is 0.861. The highest BCUT2D eigenvalue weighted by Crippen LogP contribution is 2.27. The van der Waals surface area contributed by atoms with Gasteiger partial charge in [0.05, 0.1) is 10.6 Å². The van der Waals surface area contributed by atoms with E-state index >= 15 is 0 Å². The van der Waals surface area contributed by atoms with Crippen molar-refractivity contribution in [3.8, 4) is 0 Å². The quantitative estimate of drug-likeness (QED) is 0.886. The van der Waals surface area contributed by atoms with Crippen LogP contribution in [0.25, 0.3) is 10.2 Å². The fraction of sp³-hybridized carbons (Fsp3) is 0.500. The number of hydrogen-bond acceptors (Lipinski definition) is 4. The van der Waals surface area contributed by atoms with Gasteiger partial charge in [-0.1, -0.05) is 13.8 Å². The molecule has 0 bridgehead atoms. The van der Waals surface area contributed by atoms with Crippen molar-refractivity contribution in [3.05, 3.63) is 16.6 Å². The molecular formula is C14H19N3O3S. The number of carbonyl (C=O) groups is 2. The van der Waals surface area contributed by atoms with E-state index in [2.05, 4.69) is 10.4 Å². The first kappa shape index (κ1) is 15.5. The van der Waals surface area contributed by atoms with E-state index in [-0.39, 0.29) is 11.8 Å². The summed E-state index contributed by atoms with van der Waals surface area (Å²) in [6.45, 7) is 5.74.